The number of H-pyrrole nitrogens is 1. The number of nitrogens with one attached hydrogen (secondary N) is 1. The zero-order valence-corrected chi connectivity index (χ0v) is 16.2. The standard InChI is InChI=1S/C20H19F2N7O/c1-20(21,22)18-25-26-19(30-18)28-8-6-13-16(24-10-23-13)17(28)14-9-15-12(11-4-5-11)3-2-7-29(15)27-14/h2-3,7,9-11,17H,4-6,8H2,1H3,(H,23,24)/t17-/m0/s1. The molecule has 0 radical (unpaired) electrons. The Kier molecular flexibility index (Phi) is 3.57. The average Bonchev–Trinajstić information content (AvgIpc) is 3.12. The molecule has 1 aliphatic heterocycles. The van der Waals surface area contributed by atoms with Crippen molar-refractivity contribution in [3.05, 3.63) is 59.3 Å². The Bertz CT molecular complexity index is 1230. The third-order valence-electron chi connectivity index (χ3n) is 5.81. The minimum absolute atomic E-state index is 0.0460. The molecule has 1 atom stereocenters. The van der Waals surface area contributed by atoms with E-state index in [1.807, 2.05) is 21.7 Å². The summed E-state index contributed by atoms with van der Waals surface area (Å²) in [4.78, 5) is 9.48. The molecule has 4 aromatic rings. The van der Waals surface area contributed by atoms with Crippen LogP contribution in [-0.4, -0.2) is 36.3 Å². The third kappa shape index (κ3) is 2.70. The second kappa shape index (κ2) is 6.10. The predicted octanol–water partition coefficient (Wildman–Crippen LogP) is 3.58. The van der Waals surface area contributed by atoms with E-state index in [2.05, 4.69) is 32.3 Å². The van der Waals surface area contributed by atoms with E-state index in [0.717, 1.165) is 29.5 Å². The zero-order chi connectivity index (χ0) is 20.5. The highest BCUT2D eigenvalue weighted by Gasteiger charge is 2.38. The largest absolute Gasteiger partial charge is 0.401 e. The minimum atomic E-state index is -3.20. The Morgan fingerprint density at radius 1 is 1.27 bits per heavy atom. The summed E-state index contributed by atoms with van der Waals surface area (Å²) in [5.41, 5.74) is 4.89. The molecule has 0 unspecified atom stereocenters. The van der Waals surface area contributed by atoms with Crippen LogP contribution in [0.25, 0.3) is 5.52 Å². The Labute approximate surface area is 169 Å². The molecule has 1 fully saturated rings. The molecule has 10 heteroatoms. The zero-order valence-electron chi connectivity index (χ0n) is 16.2. The molecule has 0 amide bonds. The maximum Gasteiger partial charge on any atom is 0.321 e. The summed E-state index contributed by atoms with van der Waals surface area (Å²) in [6.07, 6.45) is 6.61. The molecule has 0 spiro atoms. The number of rotatable bonds is 4. The fourth-order valence-electron chi connectivity index (χ4n) is 4.22. The van der Waals surface area contributed by atoms with Crippen molar-refractivity contribution in [2.45, 2.75) is 44.1 Å². The number of pyridine rings is 1. The van der Waals surface area contributed by atoms with E-state index < -0.39 is 17.9 Å². The first kappa shape index (κ1) is 17.5. The van der Waals surface area contributed by atoms with Gasteiger partial charge >= 0.3 is 11.9 Å². The van der Waals surface area contributed by atoms with E-state index in [9.17, 15) is 8.78 Å². The molecule has 30 heavy (non-hydrogen) atoms. The summed E-state index contributed by atoms with van der Waals surface area (Å²) in [6, 6.07) is 5.84. The van der Waals surface area contributed by atoms with Crippen molar-refractivity contribution < 1.29 is 13.2 Å². The van der Waals surface area contributed by atoms with Crippen LogP contribution >= 0.6 is 0 Å². The van der Waals surface area contributed by atoms with Crippen molar-refractivity contribution in [3.8, 4) is 0 Å². The van der Waals surface area contributed by atoms with Crippen molar-refractivity contribution in [1.82, 2.24) is 29.8 Å². The van der Waals surface area contributed by atoms with Crippen LogP contribution in [0.2, 0.25) is 0 Å². The fraction of sp³-hybridized carbons (Fsp3) is 0.400. The van der Waals surface area contributed by atoms with Crippen LogP contribution in [0.3, 0.4) is 0 Å². The van der Waals surface area contributed by atoms with Gasteiger partial charge in [0.15, 0.2) is 0 Å². The number of halogens is 2. The van der Waals surface area contributed by atoms with Crippen molar-refractivity contribution in [3.63, 3.8) is 0 Å². The van der Waals surface area contributed by atoms with Crippen LogP contribution in [0.1, 0.15) is 60.3 Å². The Morgan fingerprint density at radius 3 is 2.90 bits per heavy atom. The van der Waals surface area contributed by atoms with Gasteiger partial charge in [-0.3, -0.25) is 0 Å². The first-order valence-electron chi connectivity index (χ1n) is 9.98. The van der Waals surface area contributed by atoms with Crippen molar-refractivity contribution >= 4 is 11.5 Å². The van der Waals surface area contributed by atoms with Gasteiger partial charge in [0, 0.05) is 31.8 Å². The smallest absolute Gasteiger partial charge is 0.321 e. The van der Waals surface area contributed by atoms with Gasteiger partial charge in [-0.05, 0) is 36.5 Å². The molecular formula is C20H19F2N7O. The van der Waals surface area contributed by atoms with Crippen molar-refractivity contribution in [1.29, 1.82) is 0 Å². The Hall–Kier alpha value is -3.30. The van der Waals surface area contributed by atoms with Crippen LogP contribution in [-0.2, 0) is 12.3 Å². The van der Waals surface area contributed by atoms with Crippen molar-refractivity contribution in [2.24, 2.45) is 0 Å². The molecule has 1 N–H and O–H groups in total. The molecule has 0 saturated heterocycles. The van der Waals surface area contributed by atoms with Gasteiger partial charge in [-0.15, -0.1) is 5.10 Å². The van der Waals surface area contributed by atoms with Gasteiger partial charge in [0.1, 0.15) is 6.04 Å². The highest BCUT2D eigenvalue weighted by atomic mass is 19.3. The topological polar surface area (TPSA) is 88.1 Å². The van der Waals surface area contributed by atoms with Gasteiger partial charge < -0.3 is 14.3 Å². The first-order valence-corrected chi connectivity index (χ1v) is 9.98. The molecule has 8 nitrogen and oxygen atoms in total. The van der Waals surface area contributed by atoms with Gasteiger partial charge in [0.2, 0.25) is 0 Å². The number of alkyl halides is 2. The molecule has 154 valence electrons. The number of hydrogen-bond donors (Lipinski definition) is 1. The van der Waals surface area contributed by atoms with Gasteiger partial charge in [-0.2, -0.15) is 13.9 Å². The average molecular weight is 411 g/mol. The third-order valence-corrected chi connectivity index (χ3v) is 5.81. The summed E-state index contributed by atoms with van der Waals surface area (Å²) in [7, 11) is 0. The van der Waals surface area contributed by atoms with Crippen LogP contribution in [0.15, 0.2) is 35.1 Å². The van der Waals surface area contributed by atoms with Gasteiger partial charge in [-0.1, -0.05) is 11.2 Å². The van der Waals surface area contributed by atoms with Gasteiger partial charge in [0.25, 0.3) is 5.89 Å². The summed E-state index contributed by atoms with van der Waals surface area (Å²) >= 11 is 0. The molecule has 6 rings (SSSR count). The number of anilines is 1. The van der Waals surface area contributed by atoms with E-state index in [1.165, 1.54) is 18.4 Å². The second-order valence-electron chi connectivity index (χ2n) is 8.03. The Morgan fingerprint density at radius 2 is 2.13 bits per heavy atom. The molecule has 0 aromatic carbocycles. The van der Waals surface area contributed by atoms with Crippen LogP contribution in [0, 0.1) is 0 Å². The normalized spacial score (nSPS) is 19.4. The molecule has 2 aliphatic rings. The summed E-state index contributed by atoms with van der Waals surface area (Å²) in [6.45, 7) is 1.26. The van der Waals surface area contributed by atoms with E-state index in [1.54, 1.807) is 6.33 Å². The van der Waals surface area contributed by atoms with Gasteiger partial charge in [0.05, 0.1) is 23.2 Å². The lowest BCUT2D eigenvalue weighted by molar-refractivity contribution is -0.0107. The summed E-state index contributed by atoms with van der Waals surface area (Å²) in [5, 5.41) is 12.3. The lowest BCUT2D eigenvalue weighted by Crippen LogP contribution is -2.37. The van der Waals surface area contributed by atoms with Crippen LogP contribution < -0.4 is 4.90 Å². The number of hydrogen-bond acceptors (Lipinski definition) is 6. The maximum absolute atomic E-state index is 13.7. The van der Waals surface area contributed by atoms with Crippen molar-refractivity contribution in [2.75, 3.05) is 11.4 Å². The fourth-order valence-corrected chi connectivity index (χ4v) is 4.22. The molecule has 4 aromatic heterocycles. The minimum Gasteiger partial charge on any atom is -0.401 e. The monoisotopic (exact) mass is 411 g/mol. The number of fused-ring (bicyclic) bond motifs is 2. The number of nitrogens with zero attached hydrogens (tertiary/aromatic N) is 6. The number of imidazole rings is 1. The number of aromatic amines is 1. The molecule has 1 aliphatic carbocycles. The van der Waals surface area contributed by atoms with E-state index in [-0.39, 0.29) is 6.01 Å². The predicted molar refractivity (Wildman–Crippen MR) is 103 cm³/mol. The van der Waals surface area contributed by atoms with E-state index >= 15 is 0 Å². The summed E-state index contributed by atoms with van der Waals surface area (Å²) < 4.78 is 34.6. The molecule has 1 saturated carbocycles. The molecule has 0 bridgehead atoms. The van der Waals surface area contributed by atoms with Gasteiger partial charge in [-0.25, -0.2) is 9.50 Å². The molecule has 5 heterocycles. The quantitative estimate of drug-likeness (QED) is 0.552. The highest BCUT2D eigenvalue weighted by molar-refractivity contribution is 5.59. The van der Waals surface area contributed by atoms with Crippen LogP contribution in [0.4, 0.5) is 14.8 Å². The lowest BCUT2D eigenvalue weighted by atomic mass is 10.00. The Balaban J connectivity index is 1.48. The number of aromatic nitrogens is 6. The SMILES string of the molecule is CC(F)(F)c1nnc(N2CCc3[nH]cnc3[C@@H]2c2cc3c(C4CC4)cccn3n2)o1. The van der Waals surface area contributed by atoms with E-state index in [4.69, 9.17) is 9.52 Å². The maximum atomic E-state index is 13.7. The highest BCUT2D eigenvalue weighted by Crippen LogP contribution is 2.43. The molecular weight excluding hydrogens is 392 g/mol. The summed E-state index contributed by atoms with van der Waals surface area (Å²) in [5.74, 6) is -3.32. The van der Waals surface area contributed by atoms with E-state index in [0.29, 0.717) is 18.9 Å². The van der Waals surface area contributed by atoms with Crippen LogP contribution in [0.5, 0.6) is 0 Å². The lowest BCUT2D eigenvalue weighted by Gasteiger charge is -2.32. The first-order chi connectivity index (χ1) is 14.5. The second-order valence-corrected chi connectivity index (χ2v) is 8.03.